The fourth-order valence-electron chi connectivity index (χ4n) is 0.900. The minimum absolute atomic E-state index is 0.0330. The van der Waals surface area contributed by atoms with Gasteiger partial charge in [-0.25, -0.2) is 4.39 Å². The van der Waals surface area contributed by atoms with Gasteiger partial charge in [-0.2, -0.15) is 0 Å². The lowest BCUT2D eigenvalue weighted by Crippen LogP contribution is -2.01. The first-order chi connectivity index (χ1) is 5.25. The monoisotopic (exact) mass is 153 g/mol. The molecule has 59 valence electrons. The van der Waals surface area contributed by atoms with E-state index in [1.165, 1.54) is 12.1 Å². The van der Waals surface area contributed by atoms with Gasteiger partial charge in [-0.15, -0.1) is 0 Å². The summed E-state index contributed by atoms with van der Waals surface area (Å²) < 4.78 is 12.9. The topological polar surface area (TPSA) is 20.2 Å². The van der Waals surface area contributed by atoms with Crippen LogP contribution in [-0.4, -0.2) is 11.7 Å². The second-order valence-electron chi connectivity index (χ2n) is 2.53. The first kappa shape index (κ1) is 8.21. The van der Waals surface area contributed by atoms with Gasteiger partial charge in [-0.1, -0.05) is 13.0 Å². The number of hydrogen-bond acceptors (Lipinski definition) is 1. The van der Waals surface area contributed by atoms with E-state index in [0.717, 1.165) is 0 Å². The molecule has 1 nitrogen and oxygen atoms in total. The van der Waals surface area contributed by atoms with Gasteiger partial charge < -0.3 is 5.11 Å². The van der Waals surface area contributed by atoms with E-state index in [9.17, 15) is 4.39 Å². The molecule has 0 spiro atoms. The molecule has 0 aliphatic rings. The van der Waals surface area contributed by atoms with Crippen LogP contribution in [-0.2, 0) is 0 Å². The van der Waals surface area contributed by atoms with Crippen LogP contribution < -0.4 is 0 Å². The van der Waals surface area contributed by atoms with Crippen molar-refractivity contribution in [3.05, 3.63) is 35.6 Å². The third kappa shape index (κ3) is 1.77. The summed E-state index contributed by atoms with van der Waals surface area (Å²) in [6, 6.07) is 7.20. The van der Waals surface area contributed by atoms with E-state index < -0.39 is 0 Å². The first-order valence-corrected chi connectivity index (χ1v) is 3.52. The van der Waals surface area contributed by atoms with Crippen LogP contribution in [0, 0.1) is 11.9 Å². The predicted molar refractivity (Wildman–Crippen MR) is 40.7 cm³/mol. The summed E-state index contributed by atoms with van der Waals surface area (Å²) in [7, 11) is 0. The Balaban J connectivity index is 2.93. The van der Waals surface area contributed by atoms with Gasteiger partial charge in [0.1, 0.15) is 5.82 Å². The molecule has 2 heteroatoms. The summed E-state index contributed by atoms with van der Waals surface area (Å²) in [6.45, 7) is 1.74. The third-order valence-electron chi connectivity index (χ3n) is 1.65. The molecule has 1 rings (SSSR count). The van der Waals surface area contributed by atoms with E-state index in [4.69, 9.17) is 5.11 Å². The molecule has 0 aromatic heterocycles. The van der Waals surface area contributed by atoms with Gasteiger partial charge in [-0.3, -0.25) is 0 Å². The number of rotatable bonds is 2. The molecule has 0 aliphatic heterocycles. The maximum Gasteiger partial charge on any atom is 0.126 e. The van der Waals surface area contributed by atoms with E-state index in [1.54, 1.807) is 13.0 Å². The molecule has 1 radical (unpaired) electrons. The average molecular weight is 153 g/mol. The molecule has 0 fully saturated rings. The van der Waals surface area contributed by atoms with Crippen LogP contribution in [0.25, 0.3) is 0 Å². The van der Waals surface area contributed by atoms with Crippen LogP contribution in [0.5, 0.6) is 0 Å². The fraction of sp³-hybridized carbons (Fsp3) is 0.333. The molecule has 0 heterocycles. The Morgan fingerprint density at radius 3 is 3.00 bits per heavy atom. The van der Waals surface area contributed by atoms with Crippen molar-refractivity contribution in [1.29, 1.82) is 0 Å². The van der Waals surface area contributed by atoms with E-state index in [2.05, 4.69) is 6.07 Å². The van der Waals surface area contributed by atoms with Crippen LogP contribution in [0.3, 0.4) is 0 Å². The van der Waals surface area contributed by atoms with Crippen molar-refractivity contribution >= 4 is 0 Å². The molecular weight excluding hydrogens is 143 g/mol. The minimum Gasteiger partial charge on any atom is -0.396 e. The number of hydrogen-bond donors (Lipinski definition) is 1. The Morgan fingerprint density at radius 2 is 2.45 bits per heavy atom. The van der Waals surface area contributed by atoms with Crippen LogP contribution in [0.4, 0.5) is 4.39 Å². The highest BCUT2D eigenvalue weighted by molar-refractivity contribution is 5.20. The van der Waals surface area contributed by atoms with Gasteiger partial charge >= 0.3 is 0 Å². The first-order valence-electron chi connectivity index (χ1n) is 3.52. The largest absolute Gasteiger partial charge is 0.396 e. The van der Waals surface area contributed by atoms with Crippen molar-refractivity contribution in [2.24, 2.45) is 0 Å². The van der Waals surface area contributed by atoms with Gasteiger partial charge in [0.15, 0.2) is 0 Å². The highest BCUT2D eigenvalue weighted by Crippen LogP contribution is 2.16. The molecule has 1 aromatic carbocycles. The molecule has 0 saturated heterocycles. The summed E-state index contributed by atoms with van der Waals surface area (Å²) in [6.07, 6.45) is 0. The number of benzene rings is 1. The summed E-state index contributed by atoms with van der Waals surface area (Å²) in [4.78, 5) is 0. The van der Waals surface area contributed by atoms with Gasteiger partial charge in [0.05, 0.1) is 0 Å². The standard InChI is InChI=1S/C9H10FO/c1-7(6-11)8-4-2-3-5-9(8)10/h3-5,7,11H,6H2,1H3. The molecule has 0 amide bonds. The second kappa shape index (κ2) is 3.49. The minimum atomic E-state index is -0.273. The second-order valence-corrected chi connectivity index (χ2v) is 2.53. The van der Waals surface area contributed by atoms with Crippen LogP contribution in [0.1, 0.15) is 18.4 Å². The number of aliphatic hydroxyl groups is 1. The molecule has 1 aromatic rings. The van der Waals surface area contributed by atoms with Gasteiger partial charge in [0.25, 0.3) is 0 Å². The lowest BCUT2D eigenvalue weighted by atomic mass is 10.0. The maximum atomic E-state index is 12.9. The van der Waals surface area contributed by atoms with Crippen molar-refractivity contribution < 1.29 is 9.50 Å². The smallest absolute Gasteiger partial charge is 0.126 e. The quantitative estimate of drug-likeness (QED) is 0.685. The highest BCUT2D eigenvalue weighted by Gasteiger charge is 2.07. The lowest BCUT2D eigenvalue weighted by molar-refractivity contribution is 0.270. The van der Waals surface area contributed by atoms with Crippen LogP contribution in [0.15, 0.2) is 18.2 Å². The predicted octanol–water partition coefficient (Wildman–Crippen LogP) is 1.72. The van der Waals surface area contributed by atoms with Gasteiger partial charge in [-0.05, 0) is 23.8 Å². The molecular formula is C9H10FO. The third-order valence-corrected chi connectivity index (χ3v) is 1.65. The molecule has 11 heavy (non-hydrogen) atoms. The van der Waals surface area contributed by atoms with Crippen molar-refractivity contribution in [3.63, 3.8) is 0 Å². The zero-order chi connectivity index (χ0) is 8.27. The Kier molecular flexibility index (Phi) is 2.60. The summed E-state index contributed by atoms with van der Waals surface area (Å²) in [5.41, 5.74) is 0.523. The highest BCUT2D eigenvalue weighted by atomic mass is 19.1. The zero-order valence-electron chi connectivity index (χ0n) is 6.34. The fourth-order valence-corrected chi connectivity index (χ4v) is 0.900. The van der Waals surface area contributed by atoms with E-state index >= 15 is 0 Å². The van der Waals surface area contributed by atoms with Crippen LogP contribution >= 0.6 is 0 Å². The number of aliphatic hydroxyl groups excluding tert-OH is 1. The molecule has 1 unspecified atom stereocenters. The average Bonchev–Trinajstić information content (AvgIpc) is 2.04. The van der Waals surface area contributed by atoms with Crippen molar-refractivity contribution in [3.8, 4) is 0 Å². The Labute approximate surface area is 65.5 Å². The molecule has 1 N–H and O–H groups in total. The molecule has 0 saturated carbocycles. The SMILES string of the molecule is CC(CO)c1c[c]ccc1F. The summed E-state index contributed by atoms with van der Waals surface area (Å²) in [5, 5.41) is 8.73. The molecule has 1 atom stereocenters. The zero-order valence-corrected chi connectivity index (χ0v) is 6.34. The molecule has 0 bridgehead atoms. The van der Waals surface area contributed by atoms with E-state index in [1.807, 2.05) is 0 Å². The van der Waals surface area contributed by atoms with Crippen molar-refractivity contribution in [1.82, 2.24) is 0 Å². The Hall–Kier alpha value is -0.890. The summed E-state index contributed by atoms with van der Waals surface area (Å²) >= 11 is 0. The lowest BCUT2D eigenvalue weighted by Gasteiger charge is -2.07. The van der Waals surface area contributed by atoms with Crippen LogP contribution in [0.2, 0.25) is 0 Å². The molecule has 0 aliphatic carbocycles. The summed E-state index contributed by atoms with van der Waals surface area (Å²) in [5.74, 6) is -0.419. The van der Waals surface area contributed by atoms with Gasteiger partial charge in [0, 0.05) is 12.5 Å². The van der Waals surface area contributed by atoms with Crippen molar-refractivity contribution in [2.45, 2.75) is 12.8 Å². The Morgan fingerprint density at radius 1 is 1.73 bits per heavy atom. The van der Waals surface area contributed by atoms with Gasteiger partial charge in [0.2, 0.25) is 0 Å². The van der Waals surface area contributed by atoms with Crippen molar-refractivity contribution in [2.75, 3.05) is 6.61 Å². The Bertz CT molecular complexity index is 235. The van der Waals surface area contributed by atoms with E-state index in [0.29, 0.717) is 5.56 Å². The van der Waals surface area contributed by atoms with E-state index in [-0.39, 0.29) is 18.3 Å². The maximum absolute atomic E-state index is 12.9. The normalized spacial score (nSPS) is 13.0. The number of halogens is 1.